The lowest BCUT2D eigenvalue weighted by molar-refractivity contribution is -0.138. The molecule has 2 unspecified atom stereocenters. The van der Waals surface area contributed by atoms with Crippen LogP contribution in [0.2, 0.25) is 0 Å². The molecule has 0 aromatic heterocycles. The number of carboxylic acid groups (broad SMARTS) is 1. The standard InChI is InChI=1S/C20H31N3O4/c1-3-7-18(16-8-5-4-6-9-16)21-19(24)14-23-10-11-27-17(13-23)12-22(2)15-20(25)26/h4-6,8-9,17-18H,3,7,10-15H2,1-2H3,(H,21,24)(H,25,26). The summed E-state index contributed by atoms with van der Waals surface area (Å²) in [6.45, 7) is 4.84. The van der Waals surface area contributed by atoms with Crippen LogP contribution in [0, 0.1) is 0 Å². The molecule has 0 aliphatic carbocycles. The van der Waals surface area contributed by atoms with Crippen molar-refractivity contribution >= 4 is 11.9 Å². The van der Waals surface area contributed by atoms with Gasteiger partial charge in [-0.3, -0.25) is 19.4 Å². The first-order valence-electron chi connectivity index (χ1n) is 9.56. The van der Waals surface area contributed by atoms with Gasteiger partial charge in [-0.25, -0.2) is 0 Å². The maximum absolute atomic E-state index is 12.6. The van der Waals surface area contributed by atoms with Gasteiger partial charge in [-0.15, -0.1) is 0 Å². The molecule has 2 atom stereocenters. The van der Waals surface area contributed by atoms with Gasteiger partial charge in [-0.2, -0.15) is 0 Å². The third-order valence-electron chi connectivity index (χ3n) is 4.63. The quantitative estimate of drug-likeness (QED) is 0.641. The predicted octanol–water partition coefficient (Wildman–Crippen LogP) is 1.36. The first-order chi connectivity index (χ1) is 13.0. The first-order valence-corrected chi connectivity index (χ1v) is 9.56. The van der Waals surface area contributed by atoms with Crippen molar-refractivity contribution in [2.24, 2.45) is 0 Å². The van der Waals surface area contributed by atoms with Gasteiger partial charge in [0, 0.05) is 19.6 Å². The van der Waals surface area contributed by atoms with Gasteiger partial charge in [0.05, 0.1) is 31.8 Å². The highest BCUT2D eigenvalue weighted by molar-refractivity contribution is 5.78. The molecule has 0 spiro atoms. The van der Waals surface area contributed by atoms with Crippen LogP contribution >= 0.6 is 0 Å². The molecule has 2 N–H and O–H groups in total. The van der Waals surface area contributed by atoms with E-state index in [1.54, 1.807) is 11.9 Å². The molecule has 0 bridgehead atoms. The van der Waals surface area contributed by atoms with Crippen molar-refractivity contribution in [3.05, 3.63) is 35.9 Å². The van der Waals surface area contributed by atoms with Crippen LogP contribution in [0.4, 0.5) is 0 Å². The van der Waals surface area contributed by atoms with E-state index in [-0.39, 0.29) is 24.6 Å². The minimum atomic E-state index is -0.854. The number of aliphatic carboxylic acids is 1. The summed E-state index contributed by atoms with van der Waals surface area (Å²) >= 11 is 0. The fourth-order valence-electron chi connectivity index (χ4n) is 3.42. The summed E-state index contributed by atoms with van der Waals surface area (Å²) < 4.78 is 5.72. The molecule has 1 aliphatic rings. The van der Waals surface area contributed by atoms with Crippen LogP contribution in [0.3, 0.4) is 0 Å². The van der Waals surface area contributed by atoms with E-state index in [1.165, 1.54) is 0 Å². The summed E-state index contributed by atoms with van der Waals surface area (Å²) in [4.78, 5) is 27.2. The molecular formula is C20H31N3O4. The van der Waals surface area contributed by atoms with E-state index in [0.29, 0.717) is 32.8 Å². The first kappa shape index (κ1) is 21.3. The number of carboxylic acids is 1. The lowest BCUT2D eigenvalue weighted by Crippen LogP contribution is -2.50. The fourth-order valence-corrected chi connectivity index (χ4v) is 3.42. The predicted molar refractivity (Wildman–Crippen MR) is 104 cm³/mol. The van der Waals surface area contributed by atoms with E-state index in [4.69, 9.17) is 9.84 Å². The summed E-state index contributed by atoms with van der Waals surface area (Å²) in [5, 5.41) is 12.0. The van der Waals surface area contributed by atoms with E-state index >= 15 is 0 Å². The summed E-state index contributed by atoms with van der Waals surface area (Å²) in [6, 6.07) is 10.1. The monoisotopic (exact) mass is 377 g/mol. The second kappa shape index (κ2) is 11.0. The maximum Gasteiger partial charge on any atom is 0.317 e. The van der Waals surface area contributed by atoms with Crippen LogP contribution in [0.15, 0.2) is 30.3 Å². The number of carbonyl (C=O) groups excluding carboxylic acids is 1. The van der Waals surface area contributed by atoms with Gasteiger partial charge in [-0.05, 0) is 19.0 Å². The summed E-state index contributed by atoms with van der Waals surface area (Å²) in [5.74, 6) is -0.843. The fraction of sp³-hybridized carbons (Fsp3) is 0.600. The number of likely N-dealkylation sites (N-methyl/N-ethyl adjacent to an activating group) is 1. The van der Waals surface area contributed by atoms with Gasteiger partial charge in [0.1, 0.15) is 0 Å². The van der Waals surface area contributed by atoms with Crippen LogP contribution in [0.25, 0.3) is 0 Å². The largest absolute Gasteiger partial charge is 0.480 e. The second-order valence-electron chi connectivity index (χ2n) is 7.14. The molecule has 27 heavy (non-hydrogen) atoms. The number of ether oxygens (including phenoxy) is 1. The summed E-state index contributed by atoms with van der Waals surface area (Å²) in [5.41, 5.74) is 1.13. The van der Waals surface area contributed by atoms with Gasteiger partial charge in [0.15, 0.2) is 0 Å². The Morgan fingerprint density at radius 2 is 2.11 bits per heavy atom. The van der Waals surface area contributed by atoms with Crippen molar-refractivity contribution in [2.75, 3.05) is 46.4 Å². The van der Waals surface area contributed by atoms with Crippen molar-refractivity contribution in [1.82, 2.24) is 15.1 Å². The highest BCUT2D eigenvalue weighted by Crippen LogP contribution is 2.18. The molecule has 1 heterocycles. The molecule has 0 radical (unpaired) electrons. The van der Waals surface area contributed by atoms with Gasteiger partial charge in [0.25, 0.3) is 0 Å². The molecule has 7 heteroatoms. The molecule has 150 valence electrons. The Labute approximate surface area is 161 Å². The summed E-state index contributed by atoms with van der Waals surface area (Å²) in [6.07, 6.45) is 1.81. The Kier molecular flexibility index (Phi) is 8.71. The SMILES string of the molecule is CCCC(NC(=O)CN1CCOC(CN(C)CC(=O)O)C1)c1ccccc1. The van der Waals surface area contributed by atoms with Crippen LogP contribution in [-0.4, -0.2) is 79.3 Å². The lowest BCUT2D eigenvalue weighted by atomic mass is 10.0. The number of nitrogens with zero attached hydrogens (tertiary/aromatic N) is 2. The zero-order chi connectivity index (χ0) is 19.6. The van der Waals surface area contributed by atoms with Crippen molar-refractivity contribution in [3.8, 4) is 0 Å². The smallest absolute Gasteiger partial charge is 0.317 e. The van der Waals surface area contributed by atoms with Crippen LogP contribution in [0.1, 0.15) is 31.4 Å². The molecule has 1 aromatic carbocycles. The third-order valence-corrected chi connectivity index (χ3v) is 4.63. The minimum Gasteiger partial charge on any atom is -0.480 e. The zero-order valence-electron chi connectivity index (χ0n) is 16.3. The van der Waals surface area contributed by atoms with Crippen molar-refractivity contribution < 1.29 is 19.4 Å². The topological polar surface area (TPSA) is 82.1 Å². The normalized spacial score (nSPS) is 19.0. The number of amides is 1. The number of hydrogen-bond donors (Lipinski definition) is 2. The van der Waals surface area contributed by atoms with E-state index in [1.807, 2.05) is 30.3 Å². The third kappa shape index (κ3) is 7.66. The van der Waals surface area contributed by atoms with Crippen molar-refractivity contribution in [3.63, 3.8) is 0 Å². The highest BCUT2D eigenvalue weighted by atomic mass is 16.5. The summed E-state index contributed by atoms with van der Waals surface area (Å²) in [7, 11) is 1.76. The number of morpholine rings is 1. The zero-order valence-corrected chi connectivity index (χ0v) is 16.3. The molecule has 0 saturated carbocycles. The average molecular weight is 377 g/mol. The number of hydrogen-bond acceptors (Lipinski definition) is 5. The Morgan fingerprint density at radius 1 is 1.37 bits per heavy atom. The highest BCUT2D eigenvalue weighted by Gasteiger charge is 2.24. The Bertz CT molecular complexity index is 596. The van der Waals surface area contributed by atoms with Gasteiger partial charge in [0.2, 0.25) is 5.91 Å². The average Bonchev–Trinajstić information content (AvgIpc) is 2.61. The van der Waals surface area contributed by atoms with E-state index in [9.17, 15) is 9.59 Å². The molecule has 1 amide bonds. The minimum absolute atomic E-state index is 0.0110. The van der Waals surface area contributed by atoms with E-state index < -0.39 is 5.97 Å². The van der Waals surface area contributed by atoms with Crippen molar-refractivity contribution in [1.29, 1.82) is 0 Å². The van der Waals surface area contributed by atoms with Crippen molar-refractivity contribution in [2.45, 2.75) is 31.9 Å². The van der Waals surface area contributed by atoms with Gasteiger partial charge in [-0.1, -0.05) is 43.7 Å². The number of rotatable bonds is 10. The van der Waals surface area contributed by atoms with Crippen LogP contribution in [0.5, 0.6) is 0 Å². The molecule has 2 rings (SSSR count). The Balaban J connectivity index is 1.84. The van der Waals surface area contributed by atoms with Crippen LogP contribution in [-0.2, 0) is 14.3 Å². The van der Waals surface area contributed by atoms with Gasteiger partial charge >= 0.3 is 5.97 Å². The van der Waals surface area contributed by atoms with E-state index in [2.05, 4.69) is 17.1 Å². The lowest BCUT2D eigenvalue weighted by Gasteiger charge is -2.34. The molecule has 7 nitrogen and oxygen atoms in total. The Hall–Kier alpha value is -1.96. The molecule has 1 saturated heterocycles. The van der Waals surface area contributed by atoms with Crippen LogP contribution < -0.4 is 5.32 Å². The molecular weight excluding hydrogens is 346 g/mol. The number of nitrogens with one attached hydrogen (secondary N) is 1. The second-order valence-corrected chi connectivity index (χ2v) is 7.14. The van der Waals surface area contributed by atoms with Gasteiger partial charge < -0.3 is 15.2 Å². The molecule has 1 aromatic rings. The Morgan fingerprint density at radius 3 is 2.78 bits per heavy atom. The maximum atomic E-state index is 12.6. The number of benzene rings is 1. The number of carbonyl (C=O) groups is 2. The molecule has 1 aliphatic heterocycles. The van der Waals surface area contributed by atoms with E-state index in [0.717, 1.165) is 18.4 Å². The molecule has 1 fully saturated rings.